The number of carbonyl (C=O) groups is 1. The molecule has 3 aliphatic rings. The topological polar surface area (TPSA) is 66.9 Å². The number of amides is 1. The van der Waals surface area contributed by atoms with E-state index in [1.54, 1.807) is 4.90 Å². The Kier molecular flexibility index (Phi) is 7.80. The highest BCUT2D eigenvalue weighted by atomic mass is 35.5. The molecule has 3 aromatic rings. The first kappa shape index (κ1) is 27.0. The third-order valence-electron chi connectivity index (χ3n) is 7.61. The Balaban J connectivity index is 0.000000983. The average molecular weight is 553 g/mol. The Labute approximate surface area is 230 Å². The van der Waals surface area contributed by atoms with Crippen LogP contribution in [-0.4, -0.2) is 42.4 Å². The first-order chi connectivity index (χ1) is 18.8. The Morgan fingerprint density at radius 1 is 1.00 bits per heavy atom. The molecule has 0 radical (unpaired) electrons. The van der Waals surface area contributed by atoms with Crippen molar-refractivity contribution in [2.45, 2.75) is 43.7 Å². The van der Waals surface area contributed by atoms with Crippen LogP contribution in [0.15, 0.2) is 60.7 Å². The molecular weight excluding hydrogens is 526 g/mol. The van der Waals surface area contributed by atoms with Gasteiger partial charge in [0.15, 0.2) is 0 Å². The van der Waals surface area contributed by atoms with Gasteiger partial charge in [0, 0.05) is 60.4 Å². The molecule has 3 fully saturated rings. The molecule has 0 N–H and O–H groups in total. The van der Waals surface area contributed by atoms with Crippen molar-refractivity contribution in [3.05, 3.63) is 88.4 Å². The summed E-state index contributed by atoms with van der Waals surface area (Å²) in [4.78, 5) is 32.9. The van der Waals surface area contributed by atoms with Crippen LogP contribution in [-0.2, 0) is 20.9 Å². The van der Waals surface area contributed by atoms with Crippen molar-refractivity contribution >= 4 is 29.5 Å². The van der Waals surface area contributed by atoms with E-state index < -0.39 is 17.2 Å². The van der Waals surface area contributed by atoms with E-state index in [1.807, 2.05) is 36.4 Å². The maximum atomic E-state index is 14.6. The van der Waals surface area contributed by atoms with Crippen LogP contribution < -0.4 is 4.90 Å². The van der Waals surface area contributed by atoms with Crippen molar-refractivity contribution in [2.75, 3.05) is 24.5 Å². The number of hydrogen-bond donors (Lipinski definition) is 0. The van der Waals surface area contributed by atoms with E-state index in [-0.39, 0.29) is 12.2 Å². The summed E-state index contributed by atoms with van der Waals surface area (Å²) in [5, 5.41) is 0.497. The van der Waals surface area contributed by atoms with Crippen molar-refractivity contribution in [2.24, 2.45) is 0 Å². The maximum absolute atomic E-state index is 14.6. The summed E-state index contributed by atoms with van der Waals surface area (Å²) >= 11 is 6.72. The van der Waals surface area contributed by atoms with Crippen molar-refractivity contribution in [3.8, 4) is 11.1 Å². The smallest absolute Gasteiger partial charge is 0.415 e. The molecule has 1 amide bonds. The number of piperidine rings is 1. The van der Waals surface area contributed by atoms with Gasteiger partial charge in [-0.05, 0) is 60.2 Å². The van der Waals surface area contributed by atoms with Gasteiger partial charge in [-0.2, -0.15) is 9.59 Å². The molecule has 2 saturated heterocycles. The third-order valence-corrected chi connectivity index (χ3v) is 7.91. The highest BCUT2D eigenvalue weighted by Gasteiger charge is 2.47. The molecule has 6 nitrogen and oxygen atoms in total. The van der Waals surface area contributed by atoms with Gasteiger partial charge in [-0.3, -0.25) is 9.80 Å². The zero-order valence-electron chi connectivity index (χ0n) is 21.2. The van der Waals surface area contributed by atoms with Gasteiger partial charge in [0.2, 0.25) is 0 Å². The Morgan fingerprint density at radius 2 is 1.69 bits per heavy atom. The predicted octanol–water partition coefficient (Wildman–Crippen LogP) is 6.57. The second-order valence-electron chi connectivity index (χ2n) is 10.3. The van der Waals surface area contributed by atoms with Gasteiger partial charge in [-0.15, -0.1) is 0 Å². The minimum atomic E-state index is -0.598. The quantitative estimate of drug-likeness (QED) is 0.358. The maximum Gasteiger partial charge on any atom is 0.415 e. The number of nitrogens with zero attached hydrogens (tertiary/aromatic N) is 2. The predicted molar refractivity (Wildman–Crippen MR) is 141 cm³/mol. The zero-order valence-corrected chi connectivity index (χ0v) is 21.9. The molecule has 2 heterocycles. The SMILES string of the molecule is O=C1OC2(CCN(Cc3cc(Cl)c(-c4ccc(F)cc4F)c(C4CC4)c3)CC2)CN1c1ccccc1.O=C=O. The van der Waals surface area contributed by atoms with Crippen LogP contribution >= 0.6 is 11.6 Å². The van der Waals surface area contributed by atoms with Gasteiger partial charge in [-0.25, -0.2) is 13.6 Å². The fourth-order valence-corrected chi connectivity index (χ4v) is 5.89. The second-order valence-corrected chi connectivity index (χ2v) is 10.7. The minimum absolute atomic E-state index is 0.250. The van der Waals surface area contributed by atoms with Gasteiger partial charge in [0.25, 0.3) is 0 Å². The number of carbonyl (C=O) groups excluding carboxylic acids is 3. The lowest BCUT2D eigenvalue weighted by Crippen LogP contribution is -2.46. The summed E-state index contributed by atoms with van der Waals surface area (Å²) in [6.45, 7) is 2.90. The van der Waals surface area contributed by atoms with Crippen molar-refractivity contribution in [1.29, 1.82) is 0 Å². The van der Waals surface area contributed by atoms with Crippen LogP contribution in [0.25, 0.3) is 11.1 Å². The molecule has 1 spiro atoms. The molecular formula is C30H27ClF2N2O4. The fraction of sp³-hybridized carbons (Fsp3) is 0.333. The van der Waals surface area contributed by atoms with Crippen LogP contribution in [0.4, 0.5) is 19.3 Å². The van der Waals surface area contributed by atoms with Crippen LogP contribution in [0.3, 0.4) is 0 Å². The first-order valence-corrected chi connectivity index (χ1v) is 13.3. The number of anilines is 1. The number of halogens is 3. The summed E-state index contributed by atoms with van der Waals surface area (Å²) in [5.41, 5.74) is 3.56. The number of benzene rings is 3. The second kappa shape index (κ2) is 11.3. The molecule has 0 bridgehead atoms. The van der Waals surface area contributed by atoms with E-state index in [1.165, 1.54) is 12.1 Å². The van der Waals surface area contributed by atoms with Gasteiger partial charge in [-0.1, -0.05) is 35.9 Å². The molecule has 0 unspecified atom stereocenters. The van der Waals surface area contributed by atoms with E-state index in [0.717, 1.165) is 68.2 Å². The van der Waals surface area contributed by atoms with Crippen LogP contribution in [0.1, 0.15) is 42.7 Å². The zero-order chi connectivity index (χ0) is 27.6. The molecule has 0 aromatic heterocycles. The summed E-state index contributed by atoms with van der Waals surface area (Å²) in [7, 11) is 0. The highest BCUT2D eigenvalue weighted by molar-refractivity contribution is 6.33. The highest BCUT2D eigenvalue weighted by Crippen LogP contribution is 2.48. The van der Waals surface area contributed by atoms with E-state index in [0.29, 0.717) is 28.6 Å². The van der Waals surface area contributed by atoms with Gasteiger partial charge >= 0.3 is 12.2 Å². The standard InChI is InChI=1S/C29H27ClF2N2O2.CO2/c30-25-15-19(14-24(20-6-7-20)27(25)23-9-8-21(31)16-26(23)32)17-33-12-10-29(11-13-33)18-34(28(35)36-29)22-4-2-1-3-5-22;2-1-3/h1-5,8-9,14-16,20H,6-7,10-13,17-18H2;. The van der Waals surface area contributed by atoms with Gasteiger partial charge in [0.05, 0.1) is 6.54 Å². The number of ether oxygens (including phenoxy) is 1. The lowest BCUT2D eigenvalue weighted by Gasteiger charge is -2.37. The Bertz CT molecular complexity index is 1400. The molecule has 2 aliphatic heterocycles. The first-order valence-electron chi connectivity index (χ1n) is 12.9. The Morgan fingerprint density at radius 3 is 2.33 bits per heavy atom. The van der Waals surface area contributed by atoms with Gasteiger partial charge < -0.3 is 4.74 Å². The number of likely N-dealkylation sites (tertiary alicyclic amines) is 1. The average Bonchev–Trinajstić information content (AvgIpc) is 3.71. The molecule has 1 aliphatic carbocycles. The summed E-state index contributed by atoms with van der Waals surface area (Å²) in [6.07, 6.45) is 3.60. The number of hydrogen-bond acceptors (Lipinski definition) is 5. The molecule has 9 heteroatoms. The lowest BCUT2D eigenvalue weighted by atomic mass is 9.90. The van der Waals surface area contributed by atoms with E-state index in [9.17, 15) is 13.6 Å². The number of rotatable bonds is 5. The number of para-hydroxylation sites is 1. The van der Waals surface area contributed by atoms with Crippen LogP contribution in [0, 0.1) is 11.6 Å². The van der Waals surface area contributed by atoms with Gasteiger partial charge in [0.1, 0.15) is 17.2 Å². The Hall–Kier alpha value is -3.58. The van der Waals surface area contributed by atoms with Crippen molar-refractivity contribution in [3.63, 3.8) is 0 Å². The summed E-state index contributed by atoms with van der Waals surface area (Å²) < 4.78 is 34.0. The van der Waals surface area contributed by atoms with Crippen molar-refractivity contribution in [1.82, 2.24) is 4.90 Å². The monoisotopic (exact) mass is 552 g/mol. The largest absolute Gasteiger partial charge is 0.441 e. The van der Waals surface area contributed by atoms with Crippen LogP contribution in [0.5, 0.6) is 0 Å². The van der Waals surface area contributed by atoms with E-state index in [2.05, 4.69) is 11.0 Å². The molecule has 6 rings (SSSR count). The van der Waals surface area contributed by atoms with E-state index in [4.69, 9.17) is 25.9 Å². The molecule has 39 heavy (non-hydrogen) atoms. The van der Waals surface area contributed by atoms with E-state index >= 15 is 0 Å². The summed E-state index contributed by atoms with van der Waals surface area (Å²) in [6, 6.07) is 17.3. The molecule has 0 atom stereocenters. The fourth-order valence-electron chi connectivity index (χ4n) is 5.54. The minimum Gasteiger partial charge on any atom is -0.441 e. The third kappa shape index (κ3) is 5.88. The molecule has 3 aromatic carbocycles. The summed E-state index contributed by atoms with van der Waals surface area (Å²) in [5.74, 6) is -0.836. The lowest BCUT2D eigenvalue weighted by molar-refractivity contribution is -0.191. The normalized spacial score (nSPS) is 18.3. The molecule has 1 saturated carbocycles. The van der Waals surface area contributed by atoms with Crippen LogP contribution in [0.2, 0.25) is 5.02 Å². The van der Waals surface area contributed by atoms with Crippen molar-refractivity contribution < 1.29 is 27.9 Å². The molecule has 202 valence electrons.